The molecule has 1 aromatic rings. The summed E-state index contributed by atoms with van der Waals surface area (Å²) in [7, 11) is 0. The van der Waals surface area contributed by atoms with Crippen LogP contribution in [0.15, 0.2) is 30.3 Å². The van der Waals surface area contributed by atoms with Gasteiger partial charge in [0.2, 0.25) is 5.91 Å². The SMILES string of the molecule is CCOC(=O)CN(C(=O)OCc1ccccc1)C(=O)C(C)Br. The van der Waals surface area contributed by atoms with Gasteiger partial charge in [0.15, 0.2) is 0 Å². The number of nitrogens with zero attached hydrogens (tertiary/aromatic N) is 1. The third-order valence-electron chi connectivity index (χ3n) is 2.62. The molecule has 0 fully saturated rings. The summed E-state index contributed by atoms with van der Waals surface area (Å²) in [4.78, 5) is 35.7. The predicted molar refractivity (Wildman–Crippen MR) is 83.4 cm³/mol. The molecule has 1 unspecified atom stereocenters. The van der Waals surface area contributed by atoms with Gasteiger partial charge in [0, 0.05) is 0 Å². The molecule has 0 aromatic heterocycles. The Morgan fingerprint density at radius 3 is 2.36 bits per heavy atom. The second-order valence-corrected chi connectivity index (χ2v) is 5.76. The topological polar surface area (TPSA) is 72.9 Å². The molecule has 0 saturated heterocycles. The zero-order chi connectivity index (χ0) is 16.5. The van der Waals surface area contributed by atoms with Gasteiger partial charge in [0.25, 0.3) is 0 Å². The molecule has 0 aliphatic heterocycles. The summed E-state index contributed by atoms with van der Waals surface area (Å²) in [5, 5.41) is 0. The van der Waals surface area contributed by atoms with Crippen molar-refractivity contribution in [1.29, 1.82) is 0 Å². The van der Waals surface area contributed by atoms with E-state index < -0.39 is 29.3 Å². The lowest BCUT2D eigenvalue weighted by atomic mass is 10.2. The minimum atomic E-state index is -0.881. The highest BCUT2D eigenvalue weighted by Gasteiger charge is 2.28. The average molecular weight is 372 g/mol. The summed E-state index contributed by atoms with van der Waals surface area (Å²) >= 11 is 3.08. The van der Waals surface area contributed by atoms with E-state index in [4.69, 9.17) is 9.47 Å². The first kappa shape index (κ1) is 18.2. The molecule has 0 heterocycles. The van der Waals surface area contributed by atoms with Crippen molar-refractivity contribution in [1.82, 2.24) is 4.90 Å². The lowest BCUT2D eigenvalue weighted by molar-refractivity contribution is -0.147. The first-order valence-corrected chi connectivity index (χ1v) is 7.69. The molecule has 0 N–H and O–H groups in total. The fraction of sp³-hybridized carbons (Fsp3) is 0.400. The number of alkyl halides is 1. The molecule has 0 aliphatic carbocycles. The van der Waals surface area contributed by atoms with E-state index in [1.165, 1.54) is 0 Å². The van der Waals surface area contributed by atoms with E-state index in [-0.39, 0.29) is 13.2 Å². The number of amides is 2. The van der Waals surface area contributed by atoms with Gasteiger partial charge in [-0.2, -0.15) is 0 Å². The summed E-state index contributed by atoms with van der Waals surface area (Å²) in [6.07, 6.45) is -0.881. The maximum atomic E-state index is 12.1. The van der Waals surface area contributed by atoms with Crippen LogP contribution in [0.4, 0.5) is 4.79 Å². The molecule has 0 radical (unpaired) electrons. The van der Waals surface area contributed by atoms with E-state index in [9.17, 15) is 14.4 Å². The van der Waals surface area contributed by atoms with Gasteiger partial charge in [-0.3, -0.25) is 9.59 Å². The maximum absolute atomic E-state index is 12.1. The van der Waals surface area contributed by atoms with Gasteiger partial charge >= 0.3 is 12.1 Å². The summed E-state index contributed by atoms with van der Waals surface area (Å²) < 4.78 is 9.84. The Hall–Kier alpha value is -1.89. The van der Waals surface area contributed by atoms with E-state index in [0.717, 1.165) is 10.5 Å². The van der Waals surface area contributed by atoms with Crippen molar-refractivity contribution in [2.24, 2.45) is 0 Å². The molecule has 6 nitrogen and oxygen atoms in total. The summed E-state index contributed by atoms with van der Waals surface area (Å²) in [5.74, 6) is -1.23. The number of halogens is 1. The Bertz CT molecular complexity index is 518. The van der Waals surface area contributed by atoms with Crippen molar-refractivity contribution in [3.05, 3.63) is 35.9 Å². The highest BCUT2D eigenvalue weighted by atomic mass is 79.9. The maximum Gasteiger partial charge on any atom is 0.417 e. The smallest absolute Gasteiger partial charge is 0.417 e. The largest absolute Gasteiger partial charge is 0.465 e. The van der Waals surface area contributed by atoms with Crippen molar-refractivity contribution in [2.75, 3.05) is 13.2 Å². The number of hydrogen-bond donors (Lipinski definition) is 0. The highest BCUT2D eigenvalue weighted by molar-refractivity contribution is 9.10. The fourth-order valence-electron chi connectivity index (χ4n) is 1.58. The molecule has 1 aromatic carbocycles. The number of carbonyl (C=O) groups excluding carboxylic acids is 3. The van der Waals surface area contributed by atoms with Crippen LogP contribution >= 0.6 is 15.9 Å². The number of rotatable bonds is 6. The molecule has 0 aliphatic rings. The van der Waals surface area contributed by atoms with Gasteiger partial charge in [0.05, 0.1) is 11.4 Å². The van der Waals surface area contributed by atoms with Crippen LogP contribution < -0.4 is 0 Å². The monoisotopic (exact) mass is 371 g/mol. The van der Waals surface area contributed by atoms with Crippen LogP contribution in [0, 0.1) is 0 Å². The Morgan fingerprint density at radius 1 is 1.18 bits per heavy atom. The van der Waals surface area contributed by atoms with Crippen LogP contribution in [0.3, 0.4) is 0 Å². The minimum absolute atomic E-state index is 0.0168. The standard InChI is InChI=1S/C15H18BrNO5/c1-3-21-13(18)9-17(14(19)11(2)16)15(20)22-10-12-7-5-4-6-8-12/h4-8,11H,3,9-10H2,1-2H3. The Morgan fingerprint density at radius 2 is 1.82 bits per heavy atom. The highest BCUT2D eigenvalue weighted by Crippen LogP contribution is 2.09. The van der Waals surface area contributed by atoms with Crippen LogP contribution in [-0.4, -0.2) is 40.8 Å². The molecule has 7 heteroatoms. The van der Waals surface area contributed by atoms with Crippen molar-refractivity contribution in [3.63, 3.8) is 0 Å². The number of esters is 1. The Balaban J connectivity index is 2.70. The number of ether oxygens (including phenoxy) is 2. The lowest BCUT2D eigenvalue weighted by Crippen LogP contribution is -2.44. The van der Waals surface area contributed by atoms with E-state index >= 15 is 0 Å². The number of imide groups is 1. The van der Waals surface area contributed by atoms with Crippen LogP contribution in [0.1, 0.15) is 19.4 Å². The molecular weight excluding hydrogens is 354 g/mol. The lowest BCUT2D eigenvalue weighted by Gasteiger charge is -2.20. The van der Waals surface area contributed by atoms with Crippen LogP contribution in [-0.2, 0) is 25.7 Å². The van der Waals surface area contributed by atoms with E-state index in [1.807, 2.05) is 18.2 Å². The molecule has 1 atom stereocenters. The van der Waals surface area contributed by atoms with Gasteiger partial charge in [-0.05, 0) is 19.4 Å². The van der Waals surface area contributed by atoms with Crippen LogP contribution in [0.5, 0.6) is 0 Å². The number of benzene rings is 1. The Kier molecular flexibility index (Phi) is 7.59. The van der Waals surface area contributed by atoms with Crippen molar-refractivity contribution in [3.8, 4) is 0 Å². The van der Waals surface area contributed by atoms with Crippen molar-refractivity contribution in [2.45, 2.75) is 25.3 Å². The first-order valence-electron chi connectivity index (χ1n) is 6.77. The molecule has 1 rings (SSSR count). The van der Waals surface area contributed by atoms with E-state index in [2.05, 4.69) is 15.9 Å². The molecular formula is C15H18BrNO5. The minimum Gasteiger partial charge on any atom is -0.465 e. The van der Waals surface area contributed by atoms with E-state index in [1.54, 1.807) is 26.0 Å². The zero-order valence-electron chi connectivity index (χ0n) is 12.5. The Labute approximate surface area is 137 Å². The van der Waals surface area contributed by atoms with Gasteiger partial charge in [0.1, 0.15) is 13.2 Å². The average Bonchev–Trinajstić information content (AvgIpc) is 2.50. The predicted octanol–water partition coefficient (Wildman–Crippen LogP) is 2.50. The first-order chi connectivity index (χ1) is 10.5. The van der Waals surface area contributed by atoms with Gasteiger partial charge in [-0.1, -0.05) is 46.3 Å². The zero-order valence-corrected chi connectivity index (χ0v) is 14.0. The third-order valence-corrected chi connectivity index (χ3v) is 3.02. The van der Waals surface area contributed by atoms with Crippen LogP contribution in [0.2, 0.25) is 0 Å². The molecule has 0 saturated carbocycles. The van der Waals surface area contributed by atoms with Gasteiger partial charge in [-0.25, -0.2) is 9.69 Å². The molecule has 2 amide bonds. The summed E-state index contributed by atoms with van der Waals surface area (Å²) in [6.45, 7) is 2.92. The summed E-state index contributed by atoms with van der Waals surface area (Å²) in [5.41, 5.74) is 0.784. The van der Waals surface area contributed by atoms with Crippen molar-refractivity contribution < 1.29 is 23.9 Å². The van der Waals surface area contributed by atoms with Gasteiger partial charge in [-0.15, -0.1) is 0 Å². The number of hydrogen-bond acceptors (Lipinski definition) is 5. The molecule has 0 bridgehead atoms. The molecule has 120 valence electrons. The second kappa shape index (κ2) is 9.19. The summed E-state index contributed by atoms with van der Waals surface area (Å²) in [6, 6.07) is 9.04. The quantitative estimate of drug-likeness (QED) is 0.567. The van der Waals surface area contributed by atoms with Crippen molar-refractivity contribution >= 4 is 33.9 Å². The van der Waals surface area contributed by atoms with Gasteiger partial charge < -0.3 is 9.47 Å². The fourth-order valence-corrected chi connectivity index (χ4v) is 1.83. The second-order valence-electron chi connectivity index (χ2n) is 4.39. The molecule has 22 heavy (non-hydrogen) atoms. The molecule has 0 spiro atoms. The normalized spacial score (nSPS) is 11.4. The van der Waals surface area contributed by atoms with E-state index in [0.29, 0.717) is 0 Å². The van der Waals surface area contributed by atoms with Crippen LogP contribution in [0.25, 0.3) is 0 Å². The third kappa shape index (κ3) is 5.85. The number of carbonyl (C=O) groups is 3.